The van der Waals surface area contributed by atoms with Gasteiger partial charge in [-0.15, -0.1) is 0 Å². The molecule has 8 aromatic rings. The lowest BCUT2D eigenvalue weighted by atomic mass is 9.92. The lowest BCUT2D eigenvalue weighted by Gasteiger charge is -2.12. The average molecular weight is 661 g/mol. The van der Waals surface area contributed by atoms with Crippen LogP contribution >= 0.6 is 0 Å². The molecule has 0 aliphatic rings. The van der Waals surface area contributed by atoms with Gasteiger partial charge in [-0.3, -0.25) is 0 Å². The van der Waals surface area contributed by atoms with Crippen LogP contribution in [-0.4, -0.2) is 0 Å². The number of nitrogens with zero attached hydrogens (tertiary/aromatic N) is 2. The molecule has 52 heavy (non-hydrogen) atoms. The maximum Gasteiger partial charge on any atom is 0.0998 e. The Labute approximate surface area is 304 Å². The molecule has 0 saturated carbocycles. The molecular formula is C50H32N2. The first-order valence-corrected chi connectivity index (χ1v) is 17.3. The third-order valence-electron chi connectivity index (χ3n) is 9.56. The van der Waals surface area contributed by atoms with Gasteiger partial charge >= 0.3 is 0 Å². The third kappa shape index (κ3) is 6.66. The van der Waals surface area contributed by atoms with Crippen LogP contribution in [0.3, 0.4) is 0 Å². The minimum Gasteiger partial charge on any atom is -0.192 e. The van der Waals surface area contributed by atoms with Gasteiger partial charge in [0, 0.05) is 0 Å². The fraction of sp³-hybridized carbons (Fsp3) is 0. The standard InChI is InChI=1S/C50H32N2/c51-33-35-27-47(32-48(28-35)45-16-8-14-43(30-45)37-11-5-2-6-12-37)40-21-23-41(24-22-40)50-26-25-46(31-49(50)34-52)39-19-17-38(18-20-39)44-15-7-13-42(29-44)36-9-3-1-4-10-36/h1-32H. The van der Waals surface area contributed by atoms with E-state index in [0.29, 0.717) is 11.1 Å². The van der Waals surface area contributed by atoms with Crippen molar-refractivity contribution in [1.29, 1.82) is 10.5 Å². The molecule has 8 rings (SSSR count). The maximum absolute atomic E-state index is 10.2. The quantitative estimate of drug-likeness (QED) is 0.171. The molecule has 0 unspecified atom stereocenters. The minimum atomic E-state index is 0.609. The van der Waals surface area contributed by atoms with E-state index < -0.39 is 0 Å². The van der Waals surface area contributed by atoms with E-state index in [-0.39, 0.29) is 0 Å². The molecule has 2 heteroatoms. The molecule has 0 radical (unpaired) electrons. The molecule has 0 bridgehead atoms. The van der Waals surface area contributed by atoms with Crippen molar-refractivity contribution in [3.63, 3.8) is 0 Å². The summed E-state index contributed by atoms with van der Waals surface area (Å²) in [5, 5.41) is 20.1. The van der Waals surface area contributed by atoms with Crippen molar-refractivity contribution in [2.24, 2.45) is 0 Å². The molecule has 0 fully saturated rings. The van der Waals surface area contributed by atoms with Crippen molar-refractivity contribution in [3.05, 3.63) is 205 Å². The van der Waals surface area contributed by atoms with Crippen molar-refractivity contribution in [2.75, 3.05) is 0 Å². The molecule has 0 spiro atoms. The molecule has 0 atom stereocenters. The van der Waals surface area contributed by atoms with Gasteiger partial charge in [-0.2, -0.15) is 10.5 Å². The summed E-state index contributed by atoms with van der Waals surface area (Å²) >= 11 is 0. The monoisotopic (exact) mass is 660 g/mol. The first-order valence-electron chi connectivity index (χ1n) is 17.3. The first-order chi connectivity index (χ1) is 25.6. The van der Waals surface area contributed by atoms with Gasteiger partial charge in [0.05, 0.1) is 23.3 Å². The molecule has 0 heterocycles. The van der Waals surface area contributed by atoms with Gasteiger partial charge in [-0.1, -0.05) is 158 Å². The normalized spacial score (nSPS) is 10.7. The Bertz CT molecular complexity index is 2610. The van der Waals surface area contributed by atoms with E-state index in [0.717, 1.165) is 66.8 Å². The molecule has 0 aliphatic carbocycles. The summed E-state index contributed by atoms with van der Waals surface area (Å²) < 4.78 is 0. The van der Waals surface area contributed by atoms with Gasteiger partial charge in [0.1, 0.15) is 0 Å². The van der Waals surface area contributed by atoms with Crippen LogP contribution in [0.2, 0.25) is 0 Å². The maximum atomic E-state index is 10.2. The Balaban J connectivity index is 1.04. The second kappa shape index (κ2) is 14.3. The molecule has 0 aromatic heterocycles. The van der Waals surface area contributed by atoms with E-state index in [1.165, 1.54) is 11.1 Å². The fourth-order valence-corrected chi connectivity index (χ4v) is 6.81. The van der Waals surface area contributed by atoms with Crippen LogP contribution in [0.1, 0.15) is 11.1 Å². The number of rotatable bonds is 7. The van der Waals surface area contributed by atoms with E-state index in [9.17, 15) is 10.5 Å². The SMILES string of the molecule is N#Cc1cc(-c2ccc(-c3ccc(-c4ccc(-c5cccc(-c6ccccc6)c5)cc4)cc3C#N)cc2)cc(-c2cccc(-c3ccccc3)c2)c1. The molecule has 2 nitrogen and oxygen atoms in total. The summed E-state index contributed by atoms with van der Waals surface area (Å²) in [7, 11) is 0. The largest absolute Gasteiger partial charge is 0.192 e. The summed E-state index contributed by atoms with van der Waals surface area (Å²) in [4.78, 5) is 0. The second-order valence-corrected chi connectivity index (χ2v) is 12.8. The van der Waals surface area contributed by atoms with Crippen LogP contribution in [-0.2, 0) is 0 Å². The fourth-order valence-electron chi connectivity index (χ4n) is 6.81. The van der Waals surface area contributed by atoms with Crippen LogP contribution in [0.25, 0.3) is 77.9 Å². The van der Waals surface area contributed by atoms with Crippen molar-refractivity contribution >= 4 is 0 Å². The Morgan fingerprint density at radius 3 is 1.08 bits per heavy atom. The van der Waals surface area contributed by atoms with Crippen molar-refractivity contribution in [1.82, 2.24) is 0 Å². The second-order valence-electron chi connectivity index (χ2n) is 12.8. The Hall–Kier alpha value is -7.26. The Morgan fingerprint density at radius 2 is 0.596 bits per heavy atom. The van der Waals surface area contributed by atoms with Gasteiger partial charge in [0.2, 0.25) is 0 Å². The van der Waals surface area contributed by atoms with Gasteiger partial charge in [0.15, 0.2) is 0 Å². The van der Waals surface area contributed by atoms with E-state index >= 15 is 0 Å². The third-order valence-corrected chi connectivity index (χ3v) is 9.56. The number of benzene rings is 8. The number of nitriles is 2. The Morgan fingerprint density at radius 1 is 0.250 bits per heavy atom. The van der Waals surface area contributed by atoms with Gasteiger partial charge in [0.25, 0.3) is 0 Å². The molecule has 242 valence electrons. The summed E-state index contributed by atoms with van der Waals surface area (Å²) in [6.45, 7) is 0. The highest BCUT2D eigenvalue weighted by molar-refractivity contribution is 5.82. The molecule has 8 aromatic carbocycles. The zero-order chi connectivity index (χ0) is 35.3. The molecule has 0 aliphatic heterocycles. The van der Waals surface area contributed by atoms with Gasteiger partial charge in [-0.25, -0.2) is 0 Å². The molecule has 0 N–H and O–H groups in total. The summed E-state index contributed by atoms with van der Waals surface area (Å²) in [6.07, 6.45) is 0. The smallest absolute Gasteiger partial charge is 0.0998 e. The van der Waals surface area contributed by atoms with Crippen LogP contribution in [0.15, 0.2) is 194 Å². The van der Waals surface area contributed by atoms with E-state index in [1.807, 2.05) is 48.5 Å². The van der Waals surface area contributed by atoms with E-state index in [1.54, 1.807) is 0 Å². The van der Waals surface area contributed by atoms with Crippen molar-refractivity contribution < 1.29 is 0 Å². The highest BCUT2D eigenvalue weighted by Gasteiger charge is 2.11. The average Bonchev–Trinajstić information content (AvgIpc) is 3.24. The topological polar surface area (TPSA) is 47.6 Å². The first kappa shape index (κ1) is 32.0. The van der Waals surface area contributed by atoms with Crippen LogP contribution in [0.4, 0.5) is 0 Å². The molecule has 0 saturated heterocycles. The number of hydrogen-bond acceptors (Lipinski definition) is 2. The van der Waals surface area contributed by atoms with Crippen LogP contribution in [0.5, 0.6) is 0 Å². The summed E-state index contributed by atoms with van der Waals surface area (Å²) in [5.41, 5.74) is 16.1. The Kier molecular flexibility index (Phi) is 8.80. The predicted molar refractivity (Wildman–Crippen MR) is 214 cm³/mol. The predicted octanol–water partition coefficient (Wildman–Crippen LogP) is 13.1. The lowest BCUT2D eigenvalue weighted by molar-refractivity contribution is 1.47. The van der Waals surface area contributed by atoms with Crippen LogP contribution in [0, 0.1) is 22.7 Å². The highest BCUT2D eigenvalue weighted by atomic mass is 14.3. The highest BCUT2D eigenvalue weighted by Crippen LogP contribution is 2.35. The van der Waals surface area contributed by atoms with E-state index in [4.69, 9.17) is 0 Å². The van der Waals surface area contributed by atoms with Crippen LogP contribution < -0.4 is 0 Å². The number of hydrogen-bond donors (Lipinski definition) is 0. The van der Waals surface area contributed by atoms with E-state index in [2.05, 4.69) is 158 Å². The summed E-state index contributed by atoms with van der Waals surface area (Å²) in [6, 6.07) is 71.4. The minimum absolute atomic E-state index is 0.609. The lowest BCUT2D eigenvalue weighted by Crippen LogP contribution is -1.89. The zero-order valence-corrected chi connectivity index (χ0v) is 28.4. The van der Waals surface area contributed by atoms with Crippen molar-refractivity contribution in [3.8, 4) is 90.0 Å². The summed E-state index contributed by atoms with van der Waals surface area (Å²) in [5.74, 6) is 0. The van der Waals surface area contributed by atoms with Gasteiger partial charge in [-0.05, 0) is 114 Å². The molecular weight excluding hydrogens is 629 g/mol. The zero-order valence-electron chi connectivity index (χ0n) is 28.4. The van der Waals surface area contributed by atoms with Crippen molar-refractivity contribution in [2.45, 2.75) is 0 Å². The van der Waals surface area contributed by atoms with Gasteiger partial charge < -0.3 is 0 Å². The molecule has 0 amide bonds.